The van der Waals surface area contributed by atoms with Gasteiger partial charge in [0.2, 0.25) is 0 Å². The van der Waals surface area contributed by atoms with Crippen molar-refractivity contribution in [3.05, 3.63) is 30.3 Å². The summed E-state index contributed by atoms with van der Waals surface area (Å²) < 4.78 is 25.6. The summed E-state index contributed by atoms with van der Waals surface area (Å²) in [5.41, 5.74) is 0. The first kappa shape index (κ1) is 34.0. The minimum absolute atomic E-state index is 0.0336. The molecular weight excluding hydrogens is 536 g/mol. The minimum atomic E-state index is -2.03. The highest BCUT2D eigenvalue weighted by Crippen LogP contribution is 2.43. The zero-order chi connectivity index (χ0) is 29.9. The molecule has 3 rings (SSSR count). The molecule has 1 aromatic rings. The van der Waals surface area contributed by atoms with E-state index in [1.165, 1.54) is 0 Å². The number of unbranched alkanes of at least 4 members (excludes halogenated alkanes) is 3. The second-order valence-corrected chi connectivity index (χ2v) is 18.4. The summed E-state index contributed by atoms with van der Waals surface area (Å²) in [4.78, 5) is 10.8. The first-order valence-corrected chi connectivity index (χ1v) is 18.9. The summed E-state index contributed by atoms with van der Waals surface area (Å²) in [6, 6.07) is 9.93. The maximum absolute atomic E-state index is 11.2. The predicted molar refractivity (Wildman–Crippen MR) is 165 cm³/mol. The van der Waals surface area contributed by atoms with Gasteiger partial charge in [-0.3, -0.25) is 4.79 Å². The second-order valence-electron chi connectivity index (χ2n) is 13.6. The first-order valence-electron chi connectivity index (χ1n) is 16.0. The van der Waals surface area contributed by atoms with Gasteiger partial charge in [-0.05, 0) is 87.0 Å². The summed E-state index contributed by atoms with van der Waals surface area (Å²) in [5.74, 6) is 0.499. The van der Waals surface area contributed by atoms with Gasteiger partial charge in [0, 0.05) is 19.4 Å². The van der Waals surface area contributed by atoms with Gasteiger partial charge in [0.05, 0.1) is 18.3 Å². The van der Waals surface area contributed by atoms with Crippen LogP contribution in [0, 0.1) is 11.8 Å². The summed E-state index contributed by atoms with van der Waals surface area (Å²) in [5, 5.41) is 20.2. The normalized spacial score (nSPS) is 26.1. The molecule has 2 fully saturated rings. The molecule has 0 bridgehead atoms. The Bertz CT molecular complexity index is 881. The highest BCUT2D eigenvalue weighted by atomic mass is 28.4. The third-order valence-corrected chi connectivity index (χ3v) is 13.9. The van der Waals surface area contributed by atoms with Gasteiger partial charge in [-0.1, -0.05) is 58.2 Å². The quantitative estimate of drug-likeness (QED) is 0.142. The number of carboxylic acids is 1. The van der Waals surface area contributed by atoms with E-state index in [1.807, 2.05) is 30.3 Å². The smallest absolute Gasteiger partial charge is 0.303 e. The standard InChI is InChI=1S/C33H56O7Si/c1-33(2,3)41(4,5)40-26(24-38-25-15-9-8-10-16-25)20-21-28-27(17-11-6-7-12-18-31(35)36)29(34)23-30(28)39-32-19-13-14-22-37-32/h8-10,15-16,26-30,32,34H,6-7,11-14,17-24H2,1-5H3,(H,35,36)/t26-,27+,28+,29-,30?,32?/m0/s1. The number of para-hydroxylation sites is 1. The summed E-state index contributed by atoms with van der Waals surface area (Å²) in [6.45, 7) is 12.6. The van der Waals surface area contributed by atoms with Crippen molar-refractivity contribution in [3.63, 3.8) is 0 Å². The van der Waals surface area contributed by atoms with Gasteiger partial charge in [-0.15, -0.1) is 0 Å². The van der Waals surface area contributed by atoms with Crippen LogP contribution in [0.5, 0.6) is 5.75 Å². The van der Waals surface area contributed by atoms with Gasteiger partial charge in [0.1, 0.15) is 12.4 Å². The largest absolute Gasteiger partial charge is 0.491 e. The molecule has 1 aromatic carbocycles. The van der Waals surface area contributed by atoms with Crippen LogP contribution in [0.3, 0.4) is 0 Å². The Balaban J connectivity index is 1.68. The first-order chi connectivity index (χ1) is 19.5. The lowest BCUT2D eigenvalue weighted by atomic mass is 9.84. The van der Waals surface area contributed by atoms with E-state index in [2.05, 4.69) is 33.9 Å². The molecule has 1 aliphatic heterocycles. The third kappa shape index (κ3) is 11.3. The molecule has 41 heavy (non-hydrogen) atoms. The van der Waals surface area contributed by atoms with Gasteiger partial charge in [-0.2, -0.15) is 0 Å². The van der Waals surface area contributed by atoms with Crippen LogP contribution >= 0.6 is 0 Å². The van der Waals surface area contributed by atoms with Gasteiger partial charge in [0.15, 0.2) is 14.6 Å². The number of aliphatic hydroxyl groups excluding tert-OH is 1. The van der Waals surface area contributed by atoms with Crippen molar-refractivity contribution in [1.29, 1.82) is 0 Å². The Morgan fingerprint density at radius 2 is 1.78 bits per heavy atom. The topological polar surface area (TPSA) is 94.5 Å². The Hall–Kier alpha value is -1.45. The summed E-state index contributed by atoms with van der Waals surface area (Å²) in [6.07, 6.45) is 9.60. The number of carbonyl (C=O) groups is 1. The molecule has 0 radical (unpaired) electrons. The minimum Gasteiger partial charge on any atom is -0.491 e. The van der Waals surface area contributed by atoms with Crippen LogP contribution in [0.1, 0.15) is 97.8 Å². The van der Waals surface area contributed by atoms with E-state index in [0.29, 0.717) is 19.4 Å². The lowest BCUT2D eigenvalue weighted by Gasteiger charge is -2.40. The molecule has 0 aromatic heterocycles. The van der Waals surface area contributed by atoms with Crippen LogP contribution in [-0.2, 0) is 18.7 Å². The predicted octanol–water partition coefficient (Wildman–Crippen LogP) is 7.57. The molecule has 1 saturated carbocycles. The zero-order valence-corrected chi connectivity index (χ0v) is 27.2. The molecular formula is C33H56O7Si. The number of carboxylic acid groups (broad SMARTS) is 1. The number of hydrogen-bond acceptors (Lipinski definition) is 6. The maximum atomic E-state index is 11.2. The van der Waals surface area contributed by atoms with Crippen LogP contribution in [0.25, 0.3) is 0 Å². The van der Waals surface area contributed by atoms with Gasteiger partial charge in [-0.25, -0.2) is 0 Å². The molecule has 8 heteroatoms. The Labute approximate surface area is 249 Å². The molecule has 6 atom stereocenters. The number of rotatable bonds is 17. The SMILES string of the molecule is CC(C)(C)[Si](C)(C)O[C@@H](CC[C@H]1C(OC2CCCCO2)C[C@H](O)[C@@H]1CCCCCCC(=O)O)COc1ccccc1. The molecule has 2 aliphatic rings. The molecule has 7 nitrogen and oxygen atoms in total. The molecule has 234 valence electrons. The van der Waals surface area contributed by atoms with Crippen molar-refractivity contribution >= 4 is 14.3 Å². The van der Waals surface area contributed by atoms with E-state index in [9.17, 15) is 9.90 Å². The van der Waals surface area contributed by atoms with E-state index >= 15 is 0 Å². The Morgan fingerprint density at radius 3 is 2.44 bits per heavy atom. The fourth-order valence-corrected chi connectivity index (χ4v) is 7.36. The number of benzene rings is 1. The lowest BCUT2D eigenvalue weighted by molar-refractivity contribution is -0.196. The van der Waals surface area contributed by atoms with Crippen molar-refractivity contribution in [1.82, 2.24) is 0 Å². The Morgan fingerprint density at radius 1 is 1.05 bits per heavy atom. The van der Waals surface area contributed by atoms with Crippen molar-refractivity contribution in [3.8, 4) is 5.75 Å². The summed E-state index contributed by atoms with van der Waals surface area (Å²) >= 11 is 0. The molecule has 1 heterocycles. The highest BCUT2D eigenvalue weighted by molar-refractivity contribution is 6.74. The highest BCUT2D eigenvalue weighted by Gasteiger charge is 2.45. The lowest BCUT2D eigenvalue weighted by Crippen LogP contribution is -2.45. The Kier molecular flexibility index (Phi) is 13.6. The maximum Gasteiger partial charge on any atom is 0.303 e. The number of aliphatic hydroxyl groups is 1. The summed E-state index contributed by atoms with van der Waals surface area (Å²) in [7, 11) is -2.03. The van der Waals surface area contributed by atoms with Gasteiger partial charge >= 0.3 is 5.97 Å². The van der Waals surface area contributed by atoms with Crippen molar-refractivity contribution in [2.45, 2.75) is 141 Å². The van der Waals surface area contributed by atoms with Crippen molar-refractivity contribution < 1.29 is 33.6 Å². The van der Waals surface area contributed by atoms with Gasteiger partial charge in [0.25, 0.3) is 0 Å². The molecule has 0 spiro atoms. The van der Waals surface area contributed by atoms with E-state index < -0.39 is 20.4 Å². The van der Waals surface area contributed by atoms with Crippen LogP contribution in [-0.4, -0.2) is 62.3 Å². The number of ether oxygens (including phenoxy) is 3. The number of aliphatic carboxylic acids is 1. The second kappa shape index (κ2) is 16.4. The van der Waals surface area contributed by atoms with E-state index in [0.717, 1.165) is 70.1 Å². The third-order valence-electron chi connectivity index (χ3n) is 9.41. The fourth-order valence-electron chi connectivity index (χ4n) is 5.99. The average Bonchev–Trinajstić information content (AvgIpc) is 3.21. The van der Waals surface area contributed by atoms with Crippen LogP contribution in [0.4, 0.5) is 0 Å². The van der Waals surface area contributed by atoms with Crippen molar-refractivity contribution in [2.75, 3.05) is 13.2 Å². The van der Waals surface area contributed by atoms with E-state index in [1.54, 1.807) is 0 Å². The van der Waals surface area contributed by atoms with Crippen LogP contribution in [0.15, 0.2) is 30.3 Å². The molecule has 0 amide bonds. The molecule has 1 saturated heterocycles. The monoisotopic (exact) mass is 592 g/mol. The van der Waals surface area contributed by atoms with Crippen LogP contribution < -0.4 is 4.74 Å². The number of hydrogen-bond donors (Lipinski definition) is 2. The molecule has 2 N–H and O–H groups in total. The molecule has 2 unspecified atom stereocenters. The fraction of sp³-hybridized carbons (Fsp3) is 0.788. The zero-order valence-electron chi connectivity index (χ0n) is 26.2. The molecule has 1 aliphatic carbocycles. The van der Waals surface area contributed by atoms with Gasteiger partial charge < -0.3 is 28.8 Å². The van der Waals surface area contributed by atoms with E-state index in [4.69, 9.17) is 23.7 Å². The average molecular weight is 593 g/mol. The van der Waals surface area contributed by atoms with Crippen LogP contribution in [0.2, 0.25) is 18.1 Å². The van der Waals surface area contributed by atoms with E-state index in [-0.39, 0.29) is 41.8 Å². The van der Waals surface area contributed by atoms with Crippen molar-refractivity contribution in [2.24, 2.45) is 11.8 Å².